The zero-order valence-electron chi connectivity index (χ0n) is 32.4. The molecule has 0 atom stereocenters. The number of carbonyl (C=O) groups is 2. The van der Waals surface area contributed by atoms with E-state index in [0.717, 1.165) is 94.7 Å². The molecule has 0 bridgehead atoms. The van der Waals surface area contributed by atoms with Crippen LogP contribution in [0.4, 0.5) is 0 Å². The number of aromatic nitrogens is 2. The van der Waals surface area contributed by atoms with Crippen LogP contribution < -0.4 is 16.8 Å². The van der Waals surface area contributed by atoms with Gasteiger partial charge in [-0.25, -0.2) is 0 Å². The number of carbonyl (C=O) groups excluding carboxylic acids is 2. The third-order valence-electron chi connectivity index (χ3n) is 12.5. The predicted octanol–water partition coefficient (Wildman–Crippen LogP) is 8.42. The van der Waals surface area contributed by atoms with Gasteiger partial charge in [0.05, 0.1) is 33.9 Å². The van der Waals surface area contributed by atoms with Crippen molar-refractivity contribution >= 4 is 11.8 Å². The molecule has 8 nitrogen and oxygen atoms in total. The Labute approximate surface area is 334 Å². The van der Waals surface area contributed by atoms with Crippen LogP contribution in [0.15, 0.2) is 121 Å². The highest BCUT2D eigenvalue weighted by molar-refractivity contribution is 6.00. The van der Waals surface area contributed by atoms with Gasteiger partial charge in [0.15, 0.2) is 0 Å². The SMILES string of the molecule is CN1CCc2nc(-c3ccc(C4(N)CCC4)cc3)c(-c3ccccc3)cc2C1=O.NC1(c2ccc(-c3nc4c(cc3-c3ccccc3)C(=O)NCC4)cc2)CCC1. The summed E-state index contributed by atoms with van der Waals surface area (Å²) in [6.07, 6.45) is 8.14. The minimum Gasteiger partial charge on any atom is -0.352 e. The van der Waals surface area contributed by atoms with E-state index in [1.807, 2.05) is 55.6 Å². The summed E-state index contributed by atoms with van der Waals surface area (Å²) >= 11 is 0. The van der Waals surface area contributed by atoms with Crippen LogP contribution >= 0.6 is 0 Å². The second-order valence-electron chi connectivity index (χ2n) is 16.1. The maximum Gasteiger partial charge on any atom is 0.255 e. The van der Waals surface area contributed by atoms with Crippen LogP contribution in [-0.2, 0) is 23.9 Å². The molecule has 2 aromatic heterocycles. The number of hydrogen-bond acceptors (Lipinski definition) is 6. The van der Waals surface area contributed by atoms with E-state index in [-0.39, 0.29) is 22.9 Å². The molecule has 2 saturated carbocycles. The predicted molar refractivity (Wildman–Crippen MR) is 226 cm³/mol. The van der Waals surface area contributed by atoms with Gasteiger partial charge in [-0.1, -0.05) is 109 Å². The van der Waals surface area contributed by atoms with E-state index in [4.69, 9.17) is 21.4 Å². The Morgan fingerprint density at radius 3 is 1.47 bits per heavy atom. The third-order valence-corrected chi connectivity index (χ3v) is 12.5. The molecule has 0 radical (unpaired) electrons. The zero-order valence-corrected chi connectivity index (χ0v) is 32.4. The van der Waals surface area contributed by atoms with E-state index < -0.39 is 0 Å². The number of fused-ring (bicyclic) bond motifs is 2. The van der Waals surface area contributed by atoms with Crippen LogP contribution in [0.2, 0.25) is 0 Å². The average Bonchev–Trinajstić information content (AvgIpc) is 3.23. The molecule has 2 amide bonds. The highest BCUT2D eigenvalue weighted by atomic mass is 16.2. The van der Waals surface area contributed by atoms with E-state index in [2.05, 4.69) is 78.1 Å². The van der Waals surface area contributed by atoms with E-state index >= 15 is 0 Å². The highest BCUT2D eigenvalue weighted by Crippen LogP contribution is 2.42. The number of likely N-dealkylation sites (N-methyl/N-ethyl adjacent to an activating group) is 1. The molecule has 0 unspecified atom stereocenters. The number of nitrogens with one attached hydrogen (secondary N) is 1. The first-order valence-corrected chi connectivity index (χ1v) is 20.2. The van der Waals surface area contributed by atoms with Gasteiger partial charge in [-0.15, -0.1) is 0 Å². The summed E-state index contributed by atoms with van der Waals surface area (Å²) in [5, 5.41) is 2.92. The van der Waals surface area contributed by atoms with Crippen LogP contribution in [0, 0.1) is 0 Å². The molecule has 0 spiro atoms. The second kappa shape index (κ2) is 14.8. The summed E-state index contributed by atoms with van der Waals surface area (Å²) in [5.41, 5.74) is 26.3. The number of benzene rings is 4. The molecule has 2 fully saturated rings. The van der Waals surface area contributed by atoms with Crippen molar-refractivity contribution in [3.63, 3.8) is 0 Å². The van der Waals surface area contributed by atoms with E-state index in [0.29, 0.717) is 24.2 Å². The Kier molecular flexibility index (Phi) is 9.55. The van der Waals surface area contributed by atoms with Gasteiger partial charge in [-0.05, 0) is 72.9 Å². The fraction of sp³-hybridized carbons (Fsp3) is 0.265. The molecule has 4 heterocycles. The molecule has 286 valence electrons. The topological polar surface area (TPSA) is 127 Å². The monoisotopic (exact) mass is 752 g/mol. The van der Waals surface area contributed by atoms with Crippen molar-refractivity contribution < 1.29 is 9.59 Å². The van der Waals surface area contributed by atoms with Gasteiger partial charge in [0.25, 0.3) is 11.8 Å². The lowest BCUT2D eigenvalue weighted by molar-refractivity contribution is 0.0779. The summed E-state index contributed by atoms with van der Waals surface area (Å²) < 4.78 is 0. The maximum atomic E-state index is 12.7. The standard InChI is InChI=1S/C25H25N3O.C24H23N3O/c1-28-15-12-22-21(24(28)29)16-20(17-6-3-2-4-7-17)23(27-22)18-8-10-19(11-9-18)25(26)13-5-14-25;25-24(12-4-13-24)18-9-7-17(8-10-18)22-19(16-5-2-1-3-6-16)15-20-21(27-22)11-14-26-23(20)28/h2-4,6-11,16H,5,12-15,26H2,1H3;1-3,5-10,15H,4,11-14,25H2,(H,26,28). The number of pyridine rings is 2. The average molecular weight is 753 g/mol. The number of nitrogens with zero attached hydrogens (tertiary/aromatic N) is 3. The van der Waals surface area contributed by atoms with Crippen molar-refractivity contribution in [3.05, 3.63) is 155 Å². The lowest BCUT2D eigenvalue weighted by atomic mass is 9.72. The van der Waals surface area contributed by atoms with Crippen LogP contribution in [0.25, 0.3) is 44.8 Å². The van der Waals surface area contributed by atoms with Crippen molar-refractivity contribution in [1.82, 2.24) is 20.2 Å². The Morgan fingerprint density at radius 2 is 1.02 bits per heavy atom. The van der Waals surface area contributed by atoms with E-state index in [1.165, 1.54) is 24.0 Å². The summed E-state index contributed by atoms with van der Waals surface area (Å²) in [4.78, 5) is 36.8. The van der Waals surface area contributed by atoms with Gasteiger partial charge < -0.3 is 21.7 Å². The molecule has 6 aromatic rings. The molecular weight excluding hydrogens is 705 g/mol. The first-order chi connectivity index (χ1) is 27.7. The first kappa shape index (κ1) is 36.7. The van der Waals surface area contributed by atoms with Gasteiger partial charge in [0, 0.05) is 66.3 Å². The van der Waals surface area contributed by atoms with Gasteiger partial charge in [0.2, 0.25) is 0 Å². The van der Waals surface area contributed by atoms with Crippen LogP contribution in [0.5, 0.6) is 0 Å². The molecule has 57 heavy (non-hydrogen) atoms. The molecule has 2 aliphatic heterocycles. The molecular formula is C49H48N6O2. The number of nitrogens with two attached hydrogens (primary N) is 2. The second-order valence-corrected chi connectivity index (χ2v) is 16.1. The zero-order chi connectivity index (χ0) is 39.1. The Bertz CT molecular complexity index is 2460. The van der Waals surface area contributed by atoms with Gasteiger partial charge in [-0.2, -0.15) is 0 Å². The lowest BCUT2D eigenvalue weighted by Gasteiger charge is -2.38. The quantitative estimate of drug-likeness (QED) is 0.157. The minimum atomic E-state index is -0.166. The van der Waals surface area contributed by atoms with E-state index in [9.17, 15) is 9.59 Å². The van der Waals surface area contributed by atoms with Crippen molar-refractivity contribution in [2.24, 2.45) is 11.5 Å². The third kappa shape index (κ3) is 6.94. The molecule has 8 heteroatoms. The Morgan fingerprint density at radius 1 is 0.561 bits per heavy atom. The summed E-state index contributed by atoms with van der Waals surface area (Å²) in [6.45, 7) is 1.34. The van der Waals surface area contributed by atoms with Crippen molar-refractivity contribution in [2.75, 3.05) is 20.1 Å². The number of hydrogen-bond donors (Lipinski definition) is 3. The fourth-order valence-electron chi connectivity index (χ4n) is 8.56. The largest absolute Gasteiger partial charge is 0.352 e. The van der Waals surface area contributed by atoms with Gasteiger partial charge in [-0.3, -0.25) is 19.6 Å². The smallest absolute Gasteiger partial charge is 0.255 e. The molecule has 4 aromatic carbocycles. The molecule has 4 aliphatic rings. The van der Waals surface area contributed by atoms with Crippen molar-refractivity contribution in [2.45, 2.75) is 62.4 Å². The van der Waals surface area contributed by atoms with Crippen LogP contribution in [0.3, 0.4) is 0 Å². The molecule has 0 saturated heterocycles. The number of rotatable bonds is 6. The molecule has 5 N–H and O–H groups in total. The Balaban J connectivity index is 0.000000148. The fourth-order valence-corrected chi connectivity index (χ4v) is 8.56. The van der Waals surface area contributed by atoms with E-state index in [1.54, 1.807) is 4.90 Å². The van der Waals surface area contributed by atoms with Gasteiger partial charge in [0.1, 0.15) is 0 Å². The number of amides is 2. The summed E-state index contributed by atoms with van der Waals surface area (Å²) in [7, 11) is 1.85. The normalized spacial score (nSPS) is 17.5. The van der Waals surface area contributed by atoms with Crippen molar-refractivity contribution in [3.8, 4) is 44.8 Å². The van der Waals surface area contributed by atoms with Crippen molar-refractivity contribution in [1.29, 1.82) is 0 Å². The molecule has 10 rings (SSSR count). The summed E-state index contributed by atoms with van der Waals surface area (Å²) in [6, 6.07) is 41.4. The lowest BCUT2D eigenvalue weighted by Crippen LogP contribution is -2.43. The maximum absolute atomic E-state index is 12.7. The van der Waals surface area contributed by atoms with Crippen LogP contribution in [0.1, 0.15) is 81.8 Å². The summed E-state index contributed by atoms with van der Waals surface area (Å²) in [5.74, 6) is 0.00997. The first-order valence-electron chi connectivity index (χ1n) is 20.2. The van der Waals surface area contributed by atoms with Gasteiger partial charge >= 0.3 is 0 Å². The van der Waals surface area contributed by atoms with Crippen LogP contribution in [-0.4, -0.2) is 46.8 Å². The Hall–Kier alpha value is -5.96. The minimum absolute atomic E-state index is 0.0390. The highest BCUT2D eigenvalue weighted by Gasteiger charge is 2.35. The molecule has 2 aliphatic carbocycles.